The molecule has 0 aliphatic carbocycles. The number of carbonyl (C=O) groups is 1. The predicted octanol–water partition coefficient (Wildman–Crippen LogP) is 4.69. The van der Waals surface area contributed by atoms with Gasteiger partial charge in [-0.15, -0.1) is 0 Å². The zero-order valence-corrected chi connectivity index (χ0v) is 17.0. The van der Waals surface area contributed by atoms with Gasteiger partial charge in [-0.25, -0.2) is 5.43 Å². The fourth-order valence-corrected chi connectivity index (χ4v) is 2.81. The van der Waals surface area contributed by atoms with Crippen LogP contribution in [0.2, 0.25) is 5.02 Å². The van der Waals surface area contributed by atoms with Gasteiger partial charge < -0.3 is 14.5 Å². The van der Waals surface area contributed by atoms with Crippen molar-refractivity contribution in [2.45, 2.75) is 20.5 Å². The average molecular weight is 412 g/mol. The van der Waals surface area contributed by atoms with Crippen molar-refractivity contribution < 1.29 is 13.9 Å². The SMILES string of the molecule is Cc1ccc(NCC(=O)N/N=C/c2ccc(OCc3c(C)cccc3Cl)o2)cc1. The van der Waals surface area contributed by atoms with E-state index in [0.29, 0.717) is 23.3 Å². The molecule has 0 bridgehead atoms. The molecule has 150 valence electrons. The van der Waals surface area contributed by atoms with Gasteiger partial charge in [0.15, 0.2) is 5.76 Å². The third-order valence-electron chi connectivity index (χ3n) is 4.20. The van der Waals surface area contributed by atoms with Crippen LogP contribution < -0.4 is 15.5 Å². The van der Waals surface area contributed by atoms with Crippen molar-refractivity contribution in [2.75, 3.05) is 11.9 Å². The Morgan fingerprint density at radius 1 is 1.14 bits per heavy atom. The molecule has 0 aliphatic heterocycles. The van der Waals surface area contributed by atoms with Gasteiger partial charge in [-0.3, -0.25) is 4.79 Å². The van der Waals surface area contributed by atoms with Crippen LogP contribution in [-0.2, 0) is 11.4 Å². The van der Waals surface area contributed by atoms with E-state index in [9.17, 15) is 4.79 Å². The Balaban J connectivity index is 1.45. The minimum atomic E-state index is -0.265. The highest BCUT2D eigenvalue weighted by Crippen LogP contribution is 2.22. The normalized spacial score (nSPS) is 10.9. The minimum absolute atomic E-state index is 0.115. The van der Waals surface area contributed by atoms with Crippen LogP contribution in [0.25, 0.3) is 0 Å². The molecule has 0 saturated carbocycles. The first-order valence-electron chi connectivity index (χ1n) is 9.10. The van der Waals surface area contributed by atoms with E-state index < -0.39 is 0 Å². The number of hydrogen-bond donors (Lipinski definition) is 2. The number of hydrazone groups is 1. The van der Waals surface area contributed by atoms with E-state index in [1.54, 1.807) is 12.1 Å². The smallest absolute Gasteiger partial charge is 0.285 e. The topological polar surface area (TPSA) is 75.9 Å². The summed E-state index contributed by atoms with van der Waals surface area (Å²) in [6.45, 7) is 4.40. The molecule has 6 nitrogen and oxygen atoms in total. The zero-order valence-electron chi connectivity index (χ0n) is 16.2. The molecular formula is C22H22ClN3O3. The summed E-state index contributed by atoms with van der Waals surface area (Å²) in [7, 11) is 0. The van der Waals surface area contributed by atoms with Crippen molar-refractivity contribution in [1.82, 2.24) is 5.43 Å². The molecule has 3 rings (SSSR count). The van der Waals surface area contributed by atoms with Gasteiger partial charge in [-0.1, -0.05) is 41.4 Å². The third-order valence-corrected chi connectivity index (χ3v) is 4.55. The molecule has 1 aromatic heterocycles. The number of carbonyl (C=O) groups excluding carboxylic acids is 1. The number of hydrogen-bond acceptors (Lipinski definition) is 5. The van der Waals surface area contributed by atoms with Crippen LogP contribution >= 0.6 is 11.6 Å². The lowest BCUT2D eigenvalue weighted by Gasteiger charge is -2.08. The fourth-order valence-electron chi connectivity index (χ4n) is 2.54. The Bertz CT molecular complexity index is 977. The van der Waals surface area contributed by atoms with E-state index in [-0.39, 0.29) is 12.5 Å². The molecule has 0 unspecified atom stereocenters. The molecule has 0 atom stereocenters. The minimum Gasteiger partial charge on any atom is -0.460 e. The number of benzene rings is 2. The number of aryl methyl sites for hydroxylation is 2. The number of furan rings is 1. The molecule has 7 heteroatoms. The highest BCUT2D eigenvalue weighted by molar-refractivity contribution is 6.31. The van der Waals surface area contributed by atoms with Gasteiger partial charge in [0.05, 0.1) is 12.8 Å². The van der Waals surface area contributed by atoms with Crippen molar-refractivity contribution in [3.05, 3.63) is 82.1 Å². The molecule has 2 aromatic carbocycles. The van der Waals surface area contributed by atoms with Crippen molar-refractivity contribution in [1.29, 1.82) is 0 Å². The van der Waals surface area contributed by atoms with E-state index in [0.717, 1.165) is 22.4 Å². The van der Waals surface area contributed by atoms with Crippen LogP contribution in [0.15, 0.2) is 64.1 Å². The largest absolute Gasteiger partial charge is 0.460 e. The maximum atomic E-state index is 11.8. The van der Waals surface area contributed by atoms with Gasteiger partial charge in [-0.05, 0) is 43.7 Å². The molecule has 0 radical (unpaired) electrons. The molecule has 0 saturated heterocycles. The number of amides is 1. The molecule has 2 N–H and O–H groups in total. The van der Waals surface area contributed by atoms with Crippen molar-refractivity contribution in [3.8, 4) is 5.95 Å². The lowest BCUT2D eigenvalue weighted by atomic mass is 10.1. The van der Waals surface area contributed by atoms with Crippen molar-refractivity contribution in [3.63, 3.8) is 0 Å². The summed E-state index contributed by atoms with van der Waals surface area (Å²) in [4.78, 5) is 11.8. The Labute approximate surface area is 174 Å². The van der Waals surface area contributed by atoms with Gasteiger partial charge >= 0.3 is 0 Å². The second-order valence-corrected chi connectivity index (χ2v) is 6.90. The van der Waals surface area contributed by atoms with Crippen LogP contribution in [0.5, 0.6) is 5.95 Å². The standard InChI is InChI=1S/C22H22ClN3O3/c1-15-6-8-17(9-7-15)24-13-21(27)26-25-12-18-10-11-22(29-18)28-14-19-16(2)4-3-5-20(19)23/h3-12,24H,13-14H2,1-2H3,(H,26,27)/b25-12+. The van der Waals surface area contributed by atoms with Crippen LogP contribution in [0, 0.1) is 13.8 Å². The third kappa shape index (κ3) is 6.12. The second kappa shape index (κ2) is 9.80. The molecule has 0 spiro atoms. The summed E-state index contributed by atoms with van der Waals surface area (Å²) in [5.74, 6) is 0.542. The summed E-state index contributed by atoms with van der Waals surface area (Å²) in [5, 5.41) is 7.57. The quantitative estimate of drug-likeness (QED) is 0.416. The lowest BCUT2D eigenvalue weighted by molar-refractivity contribution is -0.119. The second-order valence-electron chi connectivity index (χ2n) is 6.49. The Morgan fingerprint density at radius 3 is 2.69 bits per heavy atom. The van der Waals surface area contributed by atoms with E-state index in [1.165, 1.54) is 6.21 Å². The molecule has 0 aliphatic rings. The van der Waals surface area contributed by atoms with Gasteiger partial charge in [0.2, 0.25) is 0 Å². The predicted molar refractivity (Wildman–Crippen MR) is 115 cm³/mol. The molecule has 0 fully saturated rings. The molecule has 1 heterocycles. The maximum Gasteiger partial charge on any atom is 0.285 e. The van der Waals surface area contributed by atoms with Gasteiger partial charge in [0, 0.05) is 22.3 Å². The number of nitrogens with zero attached hydrogens (tertiary/aromatic N) is 1. The summed E-state index contributed by atoms with van der Waals surface area (Å²) >= 11 is 6.19. The number of rotatable bonds is 8. The van der Waals surface area contributed by atoms with E-state index in [2.05, 4.69) is 15.8 Å². The van der Waals surface area contributed by atoms with E-state index in [1.807, 2.05) is 56.3 Å². The monoisotopic (exact) mass is 411 g/mol. The van der Waals surface area contributed by atoms with Crippen LogP contribution in [-0.4, -0.2) is 18.7 Å². The number of halogens is 1. The highest BCUT2D eigenvalue weighted by Gasteiger charge is 2.07. The highest BCUT2D eigenvalue weighted by atomic mass is 35.5. The fraction of sp³-hybridized carbons (Fsp3) is 0.182. The van der Waals surface area contributed by atoms with Gasteiger partial charge in [-0.2, -0.15) is 5.10 Å². The Hall–Kier alpha value is -3.25. The molecule has 3 aromatic rings. The average Bonchev–Trinajstić information content (AvgIpc) is 3.15. The zero-order chi connectivity index (χ0) is 20.6. The summed E-state index contributed by atoms with van der Waals surface area (Å²) in [6.07, 6.45) is 1.41. The Morgan fingerprint density at radius 2 is 1.93 bits per heavy atom. The first-order valence-corrected chi connectivity index (χ1v) is 9.48. The number of anilines is 1. The Kier molecular flexibility index (Phi) is 6.92. The summed E-state index contributed by atoms with van der Waals surface area (Å²) in [5.41, 5.74) is 6.44. The number of ether oxygens (including phenoxy) is 1. The molecule has 29 heavy (non-hydrogen) atoms. The van der Waals surface area contributed by atoms with E-state index >= 15 is 0 Å². The summed E-state index contributed by atoms with van der Waals surface area (Å²) in [6, 6.07) is 16.9. The van der Waals surface area contributed by atoms with Crippen LogP contribution in [0.4, 0.5) is 5.69 Å². The van der Waals surface area contributed by atoms with Crippen molar-refractivity contribution >= 4 is 29.4 Å². The maximum absolute atomic E-state index is 11.8. The van der Waals surface area contributed by atoms with Gasteiger partial charge in [0.1, 0.15) is 6.61 Å². The summed E-state index contributed by atoms with van der Waals surface area (Å²) < 4.78 is 11.2. The van der Waals surface area contributed by atoms with Crippen molar-refractivity contribution in [2.24, 2.45) is 5.10 Å². The van der Waals surface area contributed by atoms with Gasteiger partial charge in [0.25, 0.3) is 11.9 Å². The number of nitrogens with one attached hydrogen (secondary N) is 2. The van der Waals surface area contributed by atoms with Crippen LogP contribution in [0.1, 0.15) is 22.5 Å². The lowest BCUT2D eigenvalue weighted by Crippen LogP contribution is -2.25. The van der Waals surface area contributed by atoms with E-state index in [4.69, 9.17) is 20.8 Å². The molecule has 1 amide bonds. The van der Waals surface area contributed by atoms with Crippen LogP contribution in [0.3, 0.4) is 0 Å². The molecular weight excluding hydrogens is 390 g/mol. The first-order chi connectivity index (χ1) is 14.0. The first kappa shape index (κ1) is 20.5.